The molecule has 0 fully saturated rings. The van der Waals surface area contributed by atoms with Gasteiger partial charge in [-0.15, -0.1) is 0 Å². The van der Waals surface area contributed by atoms with Crippen LogP contribution >= 0.6 is 15.9 Å². The lowest BCUT2D eigenvalue weighted by Crippen LogP contribution is -1.96. The summed E-state index contributed by atoms with van der Waals surface area (Å²) in [5.74, 6) is -0.841. The second kappa shape index (κ2) is 5.50. The minimum Gasteiger partial charge on any atom is -0.466 e. The highest BCUT2D eigenvalue weighted by molar-refractivity contribution is 9.10. The average Bonchev–Trinajstić information content (AvgIpc) is 2.23. The molecule has 1 aromatic rings. The highest BCUT2D eigenvalue weighted by Gasteiger charge is 1.98. The van der Waals surface area contributed by atoms with E-state index in [1.807, 2.05) is 0 Å². The number of hydrogen-bond acceptors (Lipinski definition) is 3. The maximum absolute atomic E-state index is 13.0. The van der Waals surface area contributed by atoms with Crippen molar-refractivity contribution in [3.05, 3.63) is 40.8 Å². The SMILES string of the molecule is COC(=O)/C=C/Nc1ccc(Br)c(F)c1. The number of rotatable bonds is 3. The lowest BCUT2D eigenvalue weighted by molar-refractivity contribution is -0.134. The molecule has 15 heavy (non-hydrogen) atoms. The van der Waals surface area contributed by atoms with E-state index in [0.717, 1.165) is 0 Å². The van der Waals surface area contributed by atoms with Gasteiger partial charge in [0.2, 0.25) is 0 Å². The highest BCUT2D eigenvalue weighted by atomic mass is 79.9. The van der Waals surface area contributed by atoms with E-state index in [2.05, 4.69) is 26.0 Å². The van der Waals surface area contributed by atoms with Gasteiger partial charge in [0, 0.05) is 18.0 Å². The fraction of sp³-hybridized carbons (Fsp3) is 0.100. The Morgan fingerprint density at radius 2 is 2.33 bits per heavy atom. The van der Waals surface area contributed by atoms with Crippen LogP contribution in [-0.4, -0.2) is 13.1 Å². The van der Waals surface area contributed by atoms with Gasteiger partial charge in [0.05, 0.1) is 11.6 Å². The number of carbonyl (C=O) groups is 1. The minimum atomic E-state index is -0.472. The molecule has 0 unspecified atom stereocenters. The Bertz CT molecular complexity index is 393. The third-order valence-electron chi connectivity index (χ3n) is 1.59. The summed E-state index contributed by atoms with van der Waals surface area (Å²) in [6, 6.07) is 4.56. The van der Waals surface area contributed by atoms with Crippen molar-refractivity contribution in [3.8, 4) is 0 Å². The molecule has 1 aromatic carbocycles. The van der Waals surface area contributed by atoms with Gasteiger partial charge in [0.15, 0.2) is 0 Å². The zero-order valence-electron chi connectivity index (χ0n) is 7.96. The average molecular weight is 274 g/mol. The Labute approximate surface area is 95.1 Å². The van der Waals surface area contributed by atoms with E-state index in [1.165, 1.54) is 25.5 Å². The van der Waals surface area contributed by atoms with Crippen molar-refractivity contribution < 1.29 is 13.9 Å². The molecule has 0 radical (unpaired) electrons. The number of halogens is 2. The smallest absolute Gasteiger partial charge is 0.331 e. The molecular weight excluding hydrogens is 265 g/mol. The van der Waals surface area contributed by atoms with Crippen molar-refractivity contribution in [1.82, 2.24) is 0 Å². The Hall–Kier alpha value is -1.36. The second-order valence-corrected chi connectivity index (χ2v) is 3.48. The first-order chi connectivity index (χ1) is 7.13. The molecule has 0 heterocycles. The molecule has 0 atom stereocenters. The summed E-state index contributed by atoms with van der Waals surface area (Å²) in [5, 5.41) is 2.74. The largest absolute Gasteiger partial charge is 0.466 e. The van der Waals surface area contributed by atoms with E-state index < -0.39 is 5.97 Å². The second-order valence-electron chi connectivity index (χ2n) is 2.63. The van der Waals surface area contributed by atoms with Crippen LogP contribution < -0.4 is 5.32 Å². The van der Waals surface area contributed by atoms with E-state index in [4.69, 9.17) is 0 Å². The number of nitrogens with one attached hydrogen (secondary N) is 1. The molecule has 0 aliphatic rings. The maximum Gasteiger partial charge on any atom is 0.331 e. The van der Waals surface area contributed by atoms with Crippen LogP contribution in [0.5, 0.6) is 0 Å². The summed E-state index contributed by atoms with van der Waals surface area (Å²) < 4.78 is 17.8. The normalized spacial score (nSPS) is 10.3. The topological polar surface area (TPSA) is 38.3 Å². The van der Waals surface area contributed by atoms with E-state index in [0.29, 0.717) is 10.2 Å². The lowest BCUT2D eigenvalue weighted by Gasteiger charge is -2.01. The van der Waals surface area contributed by atoms with Crippen molar-refractivity contribution in [2.24, 2.45) is 0 Å². The van der Waals surface area contributed by atoms with E-state index in [9.17, 15) is 9.18 Å². The van der Waals surface area contributed by atoms with Crippen LogP contribution in [0.2, 0.25) is 0 Å². The van der Waals surface area contributed by atoms with Gasteiger partial charge < -0.3 is 10.1 Å². The molecule has 80 valence electrons. The van der Waals surface area contributed by atoms with Crippen LogP contribution in [0, 0.1) is 5.82 Å². The third kappa shape index (κ3) is 3.71. The van der Waals surface area contributed by atoms with Crippen molar-refractivity contribution in [1.29, 1.82) is 0 Å². The summed E-state index contributed by atoms with van der Waals surface area (Å²) in [5.41, 5.74) is 0.552. The first-order valence-corrected chi connectivity index (χ1v) is 4.89. The molecule has 0 aliphatic heterocycles. The van der Waals surface area contributed by atoms with Crippen molar-refractivity contribution >= 4 is 27.6 Å². The van der Waals surface area contributed by atoms with Crippen LogP contribution in [0.3, 0.4) is 0 Å². The minimum absolute atomic E-state index is 0.369. The Morgan fingerprint density at radius 1 is 1.60 bits per heavy atom. The molecule has 0 amide bonds. The van der Waals surface area contributed by atoms with Crippen LogP contribution in [0.25, 0.3) is 0 Å². The molecule has 0 saturated heterocycles. The molecular formula is C10H9BrFNO2. The molecule has 5 heteroatoms. The van der Waals surface area contributed by atoms with Crippen molar-refractivity contribution in [3.63, 3.8) is 0 Å². The molecule has 3 nitrogen and oxygen atoms in total. The predicted molar refractivity (Wildman–Crippen MR) is 58.9 cm³/mol. The van der Waals surface area contributed by atoms with E-state index in [-0.39, 0.29) is 5.82 Å². The number of hydrogen-bond donors (Lipinski definition) is 1. The van der Waals surface area contributed by atoms with Gasteiger partial charge in [-0.05, 0) is 34.1 Å². The molecule has 0 aliphatic carbocycles. The highest BCUT2D eigenvalue weighted by Crippen LogP contribution is 2.19. The fourth-order valence-corrected chi connectivity index (χ4v) is 1.11. The van der Waals surface area contributed by atoms with Gasteiger partial charge >= 0.3 is 5.97 Å². The summed E-state index contributed by atoms with van der Waals surface area (Å²) >= 11 is 3.04. The van der Waals surface area contributed by atoms with Crippen LogP contribution in [0.15, 0.2) is 34.9 Å². The predicted octanol–water partition coefficient (Wildman–Crippen LogP) is 2.69. The molecule has 0 bridgehead atoms. The molecule has 0 spiro atoms. The lowest BCUT2D eigenvalue weighted by atomic mass is 10.3. The van der Waals surface area contributed by atoms with Gasteiger partial charge in [0.1, 0.15) is 5.82 Å². The Morgan fingerprint density at radius 3 is 2.93 bits per heavy atom. The quantitative estimate of drug-likeness (QED) is 0.680. The fourth-order valence-electron chi connectivity index (χ4n) is 0.860. The summed E-state index contributed by atoms with van der Waals surface area (Å²) in [6.45, 7) is 0. The summed E-state index contributed by atoms with van der Waals surface area (Å²) in [4.78, 5) is 10.7. The zero-order valence-corrected chi connectivity index (χ0v) is 9.55. The number of methoxy groups -OCH3 is 1. The number of carbonyl (C=O) groups excluding carboxylic acids is 1. The Kier molecular flexibility index (Phi) is 4.30. The number of anilines is 1. The summed E-state index contributed by atoms with van der Waals surface area (Å²) in [6.07, 6.45) is 2.59. The third-order valence-corrected chi connectivity index (χ3v) is 2.23. The van der Waals surface area contributed by atoms with Crippen LogP contribution in [0.4, 0.5) is 10.1 Å². The number of esters is 1. The number of ether oxygens (including phenoxy) is 1. The van der Waals surface area contributed by atoms with Gasteiger partial charge in [-0.2, -0.15) is 0 Å². The monoisotopic (exact) mass is 273 g/mol. The van der Waals surface area contributed by atoms with Crippen molar-refractivity contribution in [2.75, 3.05) is 12.4 Å². The van der Waals surface area contributed by atoms with E-state index >= 15 is 0 Å². The first kappa shape index (κ1) is 11.7. The van der Waals surface area contributed by atoms with Gasteiger partial charge in [-0.25, -0.2) is 9.18 Å². The maximum atomic E-state index is 13.0. The van der Waals surface area contributed by atoms with Crippen LogP contribution in [-0.2, 0) is 9.53 Å². The zero-order chi connectivity index (χ0) is 11.3. The van der Waals surface area contributed by atoms with E-state index in [1.54, 1.807) is 12.1 Å². The Balaban J connectivity index is 2.62. The van der Waals surface area contributed by atoms with Gasteiger partial charge in [0.25, 0.3) is 0 Å². The van der Waals surface area contributed by atoms with Crippen molar-refractivity contribution in [2.45, 2.75) is 0 Å². The molecule has 1 N–H and O–H groups in total. The first-order valence-electron chi connectivity index (χ1n) is 4.09. The standard InChI is InChI=1S/C10H9BrFNO2/c1-15-10(14)4-5-13-7-2-3-8(11)9(12)6-7/h2-6,13H,1H3/b5-4+. The molecule has 0 saturated carbocycles. The molecule has 1 rings (SSSR count). The molecule has 0 aromatic heterocycles. The van der Waals surface area contributed by atoms with Crippen LogP contribution in [0.1, 0.15) is 0 Å². The van der Waals surface area contributed by atoms with Gasteiger partial charge in [-0.1, -0.05) is 0 Å². The number of benzene rings is 1. The van der Waals surface area contributed by atoms with Gasteiger partial charge in [-0.3, -0.25) is 0 Å². The summed E-state index contributed by atoms with van der Waals surface area (Å²) in [7, 11) is 1.28.